The van der Waals surface area contributed by atoms with Crippen molar-refractivity contribution in [2.24, 2.45) is 0 Å². The number of fused-ring (bicyclic) bond motifs is 1. The van der Waals surface area contributed by atoms with Crippen molar-refractivity contribution in [3.8, 4) is 5.75 Å². The second-order valence-electron chi connectivity index (χ2n) is 7.63. The fourth-order valence-corrected chi connectivity index (χ4v) is 3.03. The maximum Gasteiger partial charge on any atom is 0.269 e. The maximum atomic E-state index is 12.1. The van der Waals surface area contributed by atoms with Gasteiger partial charge in [0.2, 0.25) is 5.95 Å². The summed E-state index contributed by atoms with van der Waals surface area (Å²) in [5.41, 5.74) is 2.40. The van der Waals surface area contributed by atoms with Crippen LogP contribution in [-0.2, 0) is 11.2 Å². The lowest BCUT2D eigenvalue weighted by Gasteiger charge is -2.30. The third kappa shape index (κ3) is 4.03. The van der Waals surface area contributed by atoms with Gasteiger partial charge in [0.15, 0.2) is 17.2 Å². The zero-order valence-corrected chi connectivity index (χ0v) is 17.4. The smallest absolute Gasteiger partial charge is 0.269 e. The molecular weight excluding hydrogens is 380 g/mol. The summed E-state index contributed by atoms with van der Waals surface area (Å²) in [5.74, 6) is 2.26. The van der Waals surface area contributed by atoms with Crippen LogP contribution in [0.5, 0.6) is 5.75 Å². The lowest BCUT2D eigenvalue weighted by atomic mass is 10.1. The minimum absolute atomic E-state index is 0.238. The highest BCUT2D eigenvalue weighted by molar-refractivity contribution is 5.99. The van der Waals surface area contributed by atoms with Gasteiger partial charge < -0.3 is 20.7 Å². The Morgan fingerprint density at radius 1 is 1.07 bits per heavy atom. The molecule has 0 aliphatic carbocycles. The van der Waals surface area contributed by atoms with Crippen molar-refractivity contribution in [2.75, 3.05) is 16.0 Å². The first-order valence-electron chi connectivity index (χ1n) is 9.82. The monoisotopic (exact) mass is 404 g/mol. The summed E-state index contributed by atoms with van der Waals surface area (Å²) in [6, 6.07) is 11.6. The summed E-state index contributed by atoms with van der Waals surface area (Å²) in [5, 5.41) is 9.20. The van der Waals surface area contributed by atoms with Crippen LogP contribution < -0.4 is 20.7 Å². The van der Waals surface area contributed by atoms with Crippen LogP contribution in [0.4, 0.5) is 29.1 Å². The van der Waals surface area contributed by atoms with Crippen molar-refractivity contribution >= 4 is 35.0 Å². The molecule has 3 N–H and O–H groups in total. The lowest BCUT2D eigenvalue weighted by molar-refractivity contribution is -0.129. The van der Waals surface area contributed by atoms with Gasteiger partial charge in [-0.1, -0.05) is 19.1 Å². The van der Waals surface area contributed by atoms with Crippen LogP contribution in [0.25, 0.3) is 0 Å². The number of nitrogens with one attached hydrogen (secondary N) is 3. The quantitative estimate of drug-likeness (QED) is 0.581. The molecule has 0 saturated carbocycles. The number of rotatable bonds is 5. The molecule has 0 atom stereocenters. The van der Waals surface area contributed by atoms with E-state index in [9.17, 15) is 4.79 Å². The van der Waals surface area contributed by atoms with E-state index >= 15 is 0 Å². The van der Waals surface area contributed by atoms with Crippen molar-refractivity contribution in [1.82, 2.24) is 15.0 Å². The summed E-state index contributed by atoms with van der Waals surface area (Å²) in [6.45, 7) is 7.59. The Hall–Kier alpha value is -3.68. The van der Waals surface area contributed by atoms with E-state index < -0.39 is 5.60 Å². The number of aryl methyl sites for hydroxylation is 2. The van der Waals surface area contributed by atoms with Gasteiger partial charge >= 0.3 is 0 Å². The van der Waals surface area contributed by atoms with Crippen LogP contribution in [-0.4, -0.2) is 26.5 Å². The fraction of sp³-hybridized carbons (Fsp3) is 0.273. The molecule has 3 heterocycles. The second-order valence-corrected chi connectivity index (χ2v) is 7.63. The van der Waals surface area contributed by atoms with Crippen LogP contribution in [0, 0.1) is 6.92 Å². The lowest BCUT2D eigenvalue weighted by Crippen LogP contribution is -2.46. The normalized spacial score (nSPS) is 14.3. The number of benzene rings is 1. The topological polar surface area (TPSA) is 101 Å². The molecule has 0 fully saturated rings. The van der Waals surface area contributed by atoms with E-state index in [1.54, 1.807) is 38.2 Å². The molecule has 1 aromatic carbocycles. The molecule has 1 aliphatic heterocycles. The van der Waals surface area contributed by atoms with Crippen LogP contribution in [0.15, 0.2) is 42.6 Å². The van der Waals surface area contributed by atoms with Gasteiger partial charge in [0, 0.05) is 11.9 Å². The highest BCUT2D eigenvalue weighted by Crippen LogP contribution is 2.33. The Balaban J connectivity index is 1.53. The Labute approximate surface area is 175 Å². The van der Waals surface area contributed by atoms with E-state index in [2.05, 4.69) is 56.0 Å². The van der Waals surface area contributed by atoms with E-state index in [1.807, 2.05) is 6.92 Å². The van der Waals surface area contributed by atoms with Crippen molar-refractivity contribution in [3.63, 3.8) is 0 Å². The van der Waals surface area contributed by atoms with Gasteiger partial charge in [-0.25, -0.2) is 9.97 Å². The van der Waals surface area contributed by atoms with Gasteiger partial charge in [0.1, 0.15) is 11.6 Å². The molecular formula is C22H24N6O2. The maximum absolute atomic E-state index is 12.1. The van der Waals surface area contributed by atoms with Gasteiger partial charge in [-0.05, 0) is 62.6 Å². The molecule has 2 aromatic heterocycles. The first kappa shape index (κ1) is 19.6. The minimum atomic E-state index is -0.927. The highest BCUT2D eigenvalue weighted by Gasteiger charge is 2.36. The Kier molecular flexibility index (Phi) is 4.99. The van der Waals surface area contributed by atoms with Crippen molar-refractivity contribution in [2.45, 2.75) is 39.7 Å². The van der Waals surface area contributed by atoms with Gasteiger partial charge in [0.05, 0.1) is 0 Å². The summed E-state index contributed by atoms with van der Waals surface area (Å²) in [4.78, 5) is 25.4. The molecule has 8 nitrogen and oxygen atoms in total. The van der Waals surface area contributed by atoms with Crippen molar-refractivity contribution < 1.29 is 9.53 Å². The standard InChI is InChI=1S/C22H24N6O2/c1-5-14-7-6-13(2)15(12-14)24-21-23-11-10-18(27-21)25-17-9-8-16-19(26-17)28-20(29)22(3,4)30-16/h6-12H,5H2,1-4H3,(H3,23,24,25,26,27,28,29). The molecule has 0 unspecified atom stereocenters. The first-order chi connectivity index (χ1) is 14.3. The minimum Gasteiger partial charge on any atom is -0.474 e. The number of amides is 1. The SMILES string of the molecule is CCc1ccc(C)c(Nc2nccc(Nc3ccc4c(n3)NC(=O)C(C)(C)O4)n2)c1. The predicted molar refractivity (Wildman–Crippen MR) is 117 cm³/mol. The molecule has 1 amide bonds. The molecule has 0 spiro atoms. The number of aromatic nitrogens is 3. The van der Waals surface area contributed by atoms with E-state index in [-0.39, 0.29) is 5.91 Å². The Morgan fingerprint density at radius 2 is 1.87 bits per heavy atom. The van der Waals surface area contributed by atoms with Crippen molar-refractivity contribution in [1.29, 1.82) is 0 Å². The number of ether oxygens (including phenoxy) is 1. The number of hydrogen-bond acceptors (Lipinski definition) is 7. The van der Waals surface area contributed by atoms with Gasteiger partial charge in [0.25, 0.3) is 5.91 Å². The summed E-state index contributed by atoms with van der Waals surface area (Å²) >= 11 is 0. The molecule has 0 radical (unpaired) electrons. The number of carbonyl (C=O) groups excluding carboxylic acids is 1. The second kappa shape index (κ2) is 7.62. The summed E-state index contributed by atoms with van der Waals surface area (Å²) in [7, 11) is 0. The van der Waals surface area contributed by atoms with Crippen molar-refractivity contribution in [3.05, 3.63) is 53.7 Å². The number of nitrogens with zero attached hydrogens (tertiary/aromatic N) is 3. The van der Waals surface area contributed by atoms with E-state index in [0.29, 0.717) is 29.2 Å². The van der Waals surface area contributed by atoms with E-state index in [1.165, 1.54) is 5.56 Å². The van der Waals surface area contributed by atoms with Crippen LogP contribution >= 0.6 is 0 Å². The Morgan fingerprint density at radius 3 is 2.67 bits per heavy atom. The van der Waals surface area contributed by atoms with Gasteiger partial charge in [-0.3, -0.25) is 4.79 Å². The fourth-order valence-electron chi connectivity index (χ4n) is 3.03. The summed E-state index contributed by atoms with van der Waals surface area (Å²) in [6.07, 6.45) is 2.63. The van der Waals surface area contributed by atoms with Crippen LogP contribution in [0.1, 0.15) is 31.9 Å². The Bertz CT molecular complexity index is 1110. The van der Waals surface area contributed by atoms with Crippen LogP contribution in [0.2, 0.25) is 0 Å². The molecule has 8 heteroatoms. The third-order valence-corrected chi connectivity index (χ3v) is 4.87. The number of pyridine rings is 1. The molecule has 0 bridgehead atoms. The molecule has 4 rings (SSSR count). The third-order valence-electron chi connectivity index (χ3n) is 4.87. The highest BCUT2D eigenvalue weighted by atomic mass is 16.5. The van der Waals surface area contributed by atoms with E-state index in [4.69, 9.17) is 4.74 Å². The number of hydrogen-bond donors (Lipinski definition) is 3. The number of anilines is 5. The molecule has 3 aromatic rings. The van der Waals surface area contributed by atoms with Gasteiger partial charge in [-0.2, -0.15) is 4.98 Å². The largest absolute Gasteiger partial charge is 0.474 e. The predicted octanol–water partition coefficient (Wildman–Crippen LogP) is 4.34. The van der Waals surface area contributed by atoms with Crippen LogP contribution in [0.3, 0.4) is 0 Å². The first-order valence-corrected chi connectivity index (χ1v) is 9.82. The summed E-state index contributed by atoms with van der Waals surface area (Å²) < 4.78 is 5.71. The number of carbonyl (C=O) groups is 1. The zero-order chi connectivity index (χ0) is 21.3. The molecule has 154 valence electrons. The molecule has 30 heavy (non-hydrogen) atoms. The van der Waals surface area contributed by atoms with Gasteiger partial charge in [-0.15, -0.1) is 0 Å². The average molecular weight is 404 g/mol. The molecule has 1 aliphatic rings. The average Bonchev–Trinajstić information content (AvgIpc) is 2.71. The van der Waals surface area contributed by atoms with E-state index in [0.717, 1.165) is 17.7 Å². The molecule has 0 saturated heterocycles. The zero-order valence-electron chi connectivity index (χ0n) is 17.4.